The van der Waals surface area contributed by atoms with Gasteiger partial charge < -0.3 is 19.0 Å². The van der Waals surface area contributed by atoms with Crippen LogP contribution >= 0.6 is 15.9 Å². The third kappa shape index (κ3) is 3.24. The molecule has 0 amide bonds. The monoisotopic (exact) mass is 339 g/mol. The van der Waals surface area contributed by atoms with Gasteiger partial charge in [-0.3, -0.25) is 0 Å². The van der Waals surface area contributed by atoms with Crippen molar-refractivity contribution in [3.05, 3.63) is 0 Å². The molecule has 0 bridgehead atoms. The van der Waals surface area contributed by atoms with Gasteiger partial charge in [-0.15, -0.1) is 0 Å². The summed E-state index contributed by atoms with van der Waals surface area (Å²) in [6.07, 6.45) is -0.549. The Morgan fingerprint density at radius 3 is 2.58 bits per heavy atom. The highest BCUT2D eigenvalue weighted by Gasteiger charge is 2.57. The highest BCUT2D eigenvalue weighted by molar-refractivity contribution is 9.10. The Morgan fingerprint density at radius 2 is 2.11 bits per heavy atom. The summed E-state index contributed by atoms with van der Waals surface area (Å²) < 4.78 is 27.2. The van der Waals surface area contributed by atoms with Gasteiger partial charge >= 0.3 is 5.97 Å². The molecule has 108 valence electrons. The molecule has 19 heavy (non-hydrogen) atoms. The summed E-state index contributed by atoms with van der Waals surface area (Å²) in [4.78, 5) is 16.8. The van der Waals surface area contributed by atoms with Crippen LogP contribution in [0.15, 0.2) is 5.16 Å². The lowest BCUT2D eigenvalue weighted by Crippen LogP contribution is -2.42. The van der Waals surface area contributed by atoms with E-state index in [1.807, 2.05) is 0 Å². The Morgan fingerprint density at radius 1 is 1.53 bits per heavy atom. The second-order valence-corrected chi connectivity index (χ2v) is 5.68. The van der Waals surface area contributed by atoms with Crippen LogP contribution in [0.1, 0.15) is 20.3 Å². The predicted molar refractivity (Wildman–Crippen MR) is 66.6 cm³/mol. The van der Waals surface area contributed by atoms with E-state index >= 15 is 0 Å². The van der Waals surface area contributed by atoms with Gasteiger partial charge in [0.2, 0.25) is 16.1 Å². The van der Waals surface area contributed by atoms with Crippen LogP contribution in [-0.2, 0) is 23.8 Å². The van der Waals surface area contributed by atoms with Gasteiger partial charge in [-0.25, -0.2) is 9.18 Å². The molecule has 0 spiro atoms. The molecule has 1 saturated heterocycles. The number of hydrogen-bond acceptors (Lipinski definition) is 6. The molecule has 2 atom stereocenters. The number of carbonyl (C=O) groups excluding carboxylic acids is 1. The van der Waals surface area contributed by atoms with E-state index in [1.54, 1.807) is 13.8 Å². The standard InChI is InChI=1S/C11H15BrFNO5/c1-3-16-9(15)8(10(2)17-4-5-18-10)14-19-7-6-11(7,12)13/h7H,3-6H2,1-2H3. The molecule has 1 aliphatic heterocycles. The van der Waals surface area contributed by atoms with Crippen molar-refractivity contribution in [3.8, 4) is 0 Å². The number of hydrogen-bond donors (Lipinski definition) is 0. The Bertz CT molecular complexity index is 395. The first kappa shape index (κ1) is 14.7. The first-order valence-electron chi connectivity index (χ1n) is 5.96. The van der Waals surface area contributed by atoms with Crippen molar-refractivity contribution < 1.29 is 28.2 Å². The zero-order valence-electron chi connectivity index (χ0n) is 10.7. The van der Waals surface area contributed by atoms with E-state index in [0.717, 1.165) is 0 Å². The average Bonchev–Trinajstić information content (AvgIpc) is 2.72. The van der Waals surface area contributed by atoms with Crippen LogP contribution in [0.25, 0.3) is 0 Å². The maximum absolute atomic E-state index is 13.3. The lowest BCUT2D eigenvalue weighted by atomic mass is 10.2. The summed E-state index contributed by atoms with van der Waals surface area (Å²) in [6.45, 7) is 4.07. The maximum atomic E-state index is 13.3. The molecule has 6 nitrogen and oxygen atoms in total. The Labute approximate surface area is 118 Å². The largest absolute Gasteiger partial charge is 0.461 e. The highest BCUT2D eigenvalue weighted by Crippen LogP contribution is 2.48. The number of carbonyl (C=O) groups is 1. The summed E-state index contributed by atoms with van der Waals surface area (Å²) in [5, 5.41) is 3.68. The van der Waals surface area contributed by atoms with Gasteiger partial charge in [0.25, 0.3) is 0 Å². The first-order valence-corrected chi connectivity index (χ1v) is 6.75. The van der Waals surface area contributed by atoms with Crippen LogP contribution in [0.2, 0.25) is 0 Å². The minimum absolute atomic E-state index is 0.151. The van der Waals surface area contributed by atoms with E-state index < -0.39 is 22.4 Å². The van der Waals surface area contributed by atoms with Crippen LogP contribution in [0.3, 0.4) is 0 Å². The van der Waals surface area contributed by atoms with E-state index in [9.17, 15) is 9.18 Å². The van der Waals surface area contributed by atoms with E-state index in [2.05, 4.69) is 21.1 Å². The van der Waals surface area contributed by atoms with E-state index in [-0.39, 0.29) is 18.7 Å². The van der Waals surface area contributed by atoms with Crippen LogP contribution < -0.4 is 0 Å². The molecule has 1 saturated carbocycles. The number of rotatable bonds is 5. The van der Waals surface area contributed by atoms with Crippen LogP contribution in [0.4, 0.5) is 4.39 Å². The molecule has 2 fully saturated rings. The third-order valence-electron chi connectivity index (χ3n) is 2.78. The SMILES string of the molecule is CCOC(=O)C(=NOC1CC1(F)Br)C1(C)OCCO1. The van der Waals surface area contributed by atoms with Crippen molar-refractivity contribution in [3.63, 3.8) is 0 Å². The molecular formula is C11H15BrFNO5. The molecule has 2 unspecified atom stereocenters. The van der Waals surface area contributed by atoms with E-state index in [0.29, 0.717) is 13.2 Å². The van der Waals surface area contributed by atoms with Crippen molar-refractivity contribution in [2.45, 2.75) is 36.7 Å². The molecule has 0 aromatic heterocycles. The number of nitrogens with zero attached hydrogens (tertiary/aromatic N) is 1. The molecule has 2 aliphatic rings. The van der Waals surface area contributed by atoms with Gasteiger partial charge in [0.1, 0.15) is 0 Å². The van der Waals surface area contributed by atoms with Crippen LogP contribution in [-0.4, -0.2) is 48.0 Å². The fraction of sp³-hybridized carbons (Fsp3) is 0.818. The van der Waals surface area contributed by atoms with Gasteiger partial charge in [-0.2, -0.15) is 0 Å². The summed E-state index contributed by atoms with van der Waals surface area (Å²) in [5.41, 5.74) is -0.151. The van der Waals surface area contributed by atoms with Crippen molar-refractivity contribution >= 4 is 27.6 Å². The average molecular weight is 340 g/mol. The Balaban J connectivity index is 2.09. The smallest absolute Gasteiger partial charge is 0.361 e. The summed E-state index contributed by atoms with van der Waals surface area (Å²) in [5.74, 6) is -2.02. The quantitative estimate of drug-likeness (QED) is 0.329. The van der Waals surface area contributed by atoms with Crippen LogP contribution in [0, 0.1) is 0 Å². The molecule has 0 radical (unpaired) electrons. The molecule has 0 aromatic rings. The molecule has 1 aliphatic carbocycles. The summed E-state index contributed by atoms with van der Waals surface area (Å²) in [7, 11) is 0. The molecule has 0 N–H and O–H groups in total. The summed E-state index contributed by atoms with van der Waals surface area (Å²) >= 11 is 2.83. The number of esters is 1. The second kappa shape index (κ2) is 5.34. The number of alkyl halides is 2. The Hall–Kier alpha value is -0.730. The van der Waals surface area contributed by atoms with Crippen molar-refractivity contribution in [1.82, 2.24) is 0 Å². The van der Waals surface area contributed by atoms with Crippen LogP contribution in [0.5, 0.6) is 0 Å². The fourth-order valence-corrected chi connectivity index (χ4v) is 1.95. The number of oxime groups is 1. The lowest BCUT2D eigenvalue weighted by Gasteiger charge is -2.22. The Kier molecular flexibility index (Phi) is 4.12. The zero-order chi connectivity index (χ0) is 14.1. The zero-order valence-corrected chi connectivity index (χ0v) is 12.2. The van der Waals surface area contributed by atoms with E-state index in [4.69, 9.17) is 19.0 Å². The summed E-state index contributed by atoms with van der Waals surface area (Å²) in [6, 6.07) is 0. The maximum Gasteiger partial charge on any atom is 0.361 e. The topological polar surface area (TPSA) is 66.4 Å². The van der Waals surface area contributed by atoms with Gasteiger partial charge in [-0.05, 0) is 29.8 Å². The lowest BCUT2D eigenvalue weighted by molar-refractivity contribution is -0.141. The number of ether oxygens (including phenoxy) is 3. The van der Waals surface area contributed by atoms with Gasteiger partial charge in [0.15, 0.2) is 6.10 Å². The second-order valence-electron chi connectivity index (χ2n) is 4.36. The number of halogens is 2. The minimum atomic E-state index is -1.57. The first-order chi connectivity index (χ1) is 8.89. The third-order valence-corrected chi connectivity index (χ3v) is 3.61. The van der Waals surface area contributed by atoms with Gasteiger partial charge in [0.05, 0.1) is 19.8 Å². The highest BCUT2D eigenvalue weighted by atomic mass is 79.9. The molecule has 1 heterocycles. The normalized spacial score (nSPS) is 33.1. The van der Waals surface area contributed by atoms with Crippen molar-refractivity contribution in [1.29, 1.82) is 0 Å². The van der Waals surface area contributed by atoms with Crippen molar-refractivity contribution in [2.75, 3.05) is 19.8 Å². The minimum Gasteiger partial charge on any atom is -0.461 e. The van der Waals surface area contributed by atoms with E-state index in [1.165, 1.54) is 0 Å². The van der Waals surface area contributed by atoms with Crippen molar-refractivity contribution in [2.24, 2.45) is 5.16 Å². The van der Waals surface area contributed by atoms with Gasteiger partial charge in [0, 0.05) is 6.42 Å². The molecule has 0 aromatic carbocycles. The molecule has 2 rings (SSSR count). The molecular weight excluding hydrogens is 325 g/mol. The van der Waals surface area contributed by atoms with Gasteiger partial charge in [-0.1, -0.05) is 5.16 Å². The fourth-order valence-electron chi connectivity index (χ4n) is 1.58. The predicted octanol–water partition coefficient (Wildman–Crippen LogP) is 1.52. The molecule has 8 heteroatoms.